The predicted octanol–water partition coefficient (Wildman–Crippen LogP) is 3.85. The van der Waals surface area contributed by atoms with E-state index in [4.69, 9.17) is 16.3 Å². The number of benzene rings is 1. The van der Waals surface area contributed by atoms with Crippen molar-refractivity contribution in [2.75, 3.05) is 13.2 Å². The van der Waals surface area contributed by atoms with E-state index in [9.17, 15) is 22.8 Å². The molecule has 28 heavy (non-hydrogen) atoms. The summed E-state index contributed by atoms with van der Waals surface area (Å²) in [6, 6.07) is 2.59. The highest BCUT2D eigenvalue weighted by molar-refractivity contribution is 6.31. The third kappa shape index (κ3) is 8.59. The number of carbonyl (C=O) groups excluding carboxylic acids is 2. The number of nitrogens with one attached hydrogen (secondary N) is 2. The fourth-order valence-corrected chi connectivity index (χ4v) is 1.83. The minimum atomic E-state index is -0.990. The van der Waals surface area contributed by atoms with Crippen LogP contribution in [0.5, 0.6) is 0 Å². The van der Waals surface area contributed by atoms with Crippen LogP contribution in [-0.2, 0) is 9.53 Å². The van der Waals surface area contributed by atoms with Crippen molar-refractivity contribution < 1.29 is 27.5 Å². The highest BCUT2D eigenvalue weighted by Gasteiger charge is 2.13. The molecule has 0 aromatic heterocycles. The van der Waals surface area contributed by atoms with E-state index in [1.165, 1.54) is 12.2 Å². The zero-order chi connectivity index (χ0) is 21.1. The Morgan fingerprint density at radius 1 is 1.25 bits per heavy atom. The van der Waals surface area contributed by atoms with Crippen molar-refractivity contribution in [1.82, 2.24) is 10.6 Å². The van der Waals surface area contributed by atoms with Crippen molar-refractivity contribution in [3.63, 3.8) is 0 Å². The maximum absolute atomic E-state index is 13.5. The lowest BCUT2D eigenvalue weighted by atomic mass is 10.2. The van der Waals surface area contributed by atoms with E-state index in [0.29, 0.717) is 6.07 Å². The van der Waals surface area contributed by atoms with E-state index >= 15 is 0 Å². The Kier molecular flexibility index (Phi) is 9.59. The standard InChI is InChI=1S/C19H18ClF3N2O3/c1-12(25-19(27)15-6-5-14(22)10-17(15)23)7-8-24-18(26)11-28-9-3-4-16(20)13(2)21/h3-6,9-10H,1-2,7-8,11H2,(H,24,26)(H,25,27)/b9-3+,16-4+. The lowest BCUT2D eigenvalue weighted by Gasteiger charge is -2.10. The monoisotopic (exact) mass is 414 g/mol. The van der Waals surface area contributed by atoms with Gasteiger partial charge in [-0.2, -0.15) is 0 Å². The van der Waals surface area contributed by atoms with Gasteiger partial charge in [0.25, 0.3) is 11.8 Å². The summed E-state index contributed by atoms with van der Waals surface area (Å²) < 4.78 is 43.8. The van der Waals surface area contributed by atoms with Crippen molar-refractivity contribution in [3.8, 4) is 0 Å². The Bertz CT molecular complexity index is 823. The van der Waals surface area contributed by atoms with E-state index in [2.05, 4.69) is 23.8 Å². The quantitative estimate of drug-likeness (QED) is 0.451. The van der Waals surface area contributed by atoms with Crippen LogP contribution in [0.15, 0.2) is 66.3 Å². The molecule has 0 atom stereocenters. The molecule has 1 rings (SSSR count). The summed E-state index contributed by atoms with van der Waals surface area (Å²) in [5, 5.41) is 4.69. The van der Waals surface area contributed by atoms with E-state index in [1.807, 2.05) is 0 Å². The molecule has 0 spiro atoms. The highest BCUT2D eigenvalue weighted by atomic mass is 35.5. The third-order valence-electron chi connectivity index (χ3n) is 3.11. The van der Waals surface area contributed by atoms with Gasteiger partial charge < -0.3 is 15.4 Å². The van der Waals surface area contributed by atoms with Crippen molar-refractivity contribution in [1.29, 1.82) is 0 Å². The van der Waals surface area contributed by atoms with Crippen LogP contribution in [0.2, 0.25) is 0 Å². The van der Waals surface area contributed by atoms with E-state index in [0.717, 1.165) is 18.4 Å². The van der Waals surface area contributed by atoms with Crippen LogP contribution < -0.4 is 10.6 Å². The Labute approximate surface area is 165 Å². The van der Waals surface area contributed by atoms with E-state index < -0.39 is 29.3 Å². The molecule has 0 saturated heterocycles. The second kappa shape index (κ2) is 11.7. The molecule has 0 unspecified atom stereocenters. The highest BCUT2D eigenvalue weighted by Crippen LogP contribution is 2.13. The summed E-state index contributed by atoms with van der Waals surface area (Å²) in [6.07, 6.45) is 3.85. The molecule has 2 amide bonds. The number of allylic oxidation sites excluding steroid dienone is 4. The summed E-state index contributed by atoms with van der Waals surface area (Å²) in [5.41, 5.74) is -0.0849. The second-order valence-electron chi connectivity index (χ2n) is 5.34. The van der Waals surface area contributed by atoms with E-state index in [1.54, 1.807) is 0 Å². The first-order valence-corrected chi connectivity index (χ1v) is 8.28. The van der Waals surface area contributed by atoms with Crippen LogP contribution in [0.1, 0.15) is 16.8 Å². The molecule has 0 saturated carbocycles. The van der Waals surface area contributed by atoms with Gasteiger partial charge in [-0.05, 0) is 24.3 Å². The normalized spacial score (nSPS) is 11.2. The molecule has 0 heterocycles. The molecule has 1 aromatic rings. The molecule has 150 valence electrons. The summed E-state index contributed by atoms with van der Waals surface area (Å²) >= 11 is 5.47. The summed E-state index contributed by atoms with van der Waals surface area (Å²) in [5.74, 6) is -3.79. The molecule has 0 aliphatic carbocycles. The van der Waals surface area contributed by atoms with Gasteiger partial charge in [-0.1, -0.05) is 24.8 Å². The fourth-order valence-electron chi connectivity index (χ4n) is 1.76. The Balaban J connectivity index is 2.29. The molecule has 0 fully saturated rings. The number of hydrogen-bond acceptors (Lipinski definition) is 3. The van der Waals surface area contributed by atoms with Crippen LogP contribution >= 0.6 is 11.6 Å². The number of rotatable bonds is 10. The summed E-state index contributed by atoms with van der Waals surface area (Å²) in [4.78, 5) is 23.4. The second-order valence-corrected chi connectivity index (χ2v) is 5.75. The molecule has 5 nitrogen and oxygen atoms in total. The number of amides is 2. The van der Waals surface area contributed by atoms with Crippen molar-refractivity contribution in [3.05, 3.63) is 83.5 Å². The van der Waals surface area contributed by atoms with Gasteiger partial charge in [-0.15, -0.1) is 0 Å². The lowest BCUT2D eigenvalue weighted by molar-refractivity contribution is -0.123. The fraction of sp³-hybridized carbons (Fsp3) is 0.158. The largest absolute Gasteiger partial charge is 0.491 e. The first-order valence-electron chi connectivity index (χ1n) is 7.90. The smallest absolute Gasteiger partial charge is 0.258 e. The molecule has 0 radical (unpaired) electrons. The Morgan fingerprint density at radius 3 is 2.61 bits per heavy atom. The van der Waals surface area contributed by atoms with Crippen LogP contribution in [-0.4, -0.2) is 25.0 Å². The van der Waals surface area contributed by atoms with Gasteiger partial charge in [-0.25, -0.2) is 13.2 Å². The number of hydrogen-bond donors (Lipinski definition) is 2. The first-order chi connectivity index (χ1) is 13.2. The van der Waals surface area contributed by atoms with Gasteiger partial charge in [0.1, 0.15) is 17.5 Å². The van der Waals surface area contributed by atoms with Crippen molar-refractivity contribution >= 4 is 23.4 Å². The summed E-state index contributed by atoms with van der Waals surface area (Å²) in [6.45, 7) is 6.45. The minimum absolute atomic E-state index is 0.143. The van der Waals surface area contributed by atoms with Gasteiger partial charge in [0.05, 0.1) is 16.9 Å². The lowest BCUT2D eigenvalue weighted by Crippen LogP contribution is -2.30. The van der Waals surface area contributed by atoms with Gasteiger partial charge >= 0.3 is 0 Å². The molecule has 1 aromatic carbocycles. The Hall–Kier alpha value is -3.00. The first kappa shape index (κ1) is 23.0. The number of halogens is 4. The van der Waals surface area contributed by atoms with Crippen LogP contribution in [0.4, 0.5) is 13.2 Å². The molecule has 0 aliphatic heterocycles. The maximum Gasteiger partial charge on any atom is 0.258 e. The summed E-state index contributed by atoms with van der Waals surface area (Å²) in [7, 11) is 0. The zero-order valence-electron chi connectivity index (χ0n) is 14.7. The number of carbonyl (C=O) groups is 2. The molecule has 0 bridgehead atoms. The Morgan fingerprint density at radius 2 is 1.96 bits per heavy atom. The van der Waals surface area contributed by atoms with Crippen LogP contribution in [0.25, 0.3) is 0 Å². The van der Waals surface area contributed by atoms with Gasteiger partial charge in [0, 0.05) is 24.7 Å². The number of ether oxygens (including phenoxy) is 1. The van der Waals surface area contributed by atoms with E-state index in [-0.39, 0.29) is 35.9 Å². The van der Waals surface area contributed by atoms with Crippen molar-refractivity contribution in [2.45, 2.75) is 6.42 Å². The molecule has 9 heteroatoms. The third-order valence-corrected chi connectivity index (χ3v) is 3.44. The topological polar surface area (TPSA) is 67.4 Å². The SMILES string of the molecule is C=C(CCNC(=O)CO/C=C/C=C(/Cl)C(=C)F)NC(=O)c1ccc(F)cc1F. The van der Waals surface area contributed by atoms with Gasteiger partial charge in [0.15, 0.2) is 6.61 Å². The van der Waals surface area contributed by atoms with Crippen LogP contribution in [0.3, 0.4) is 0 Å². The average Bonchev–Trinajstić information content (AvgIpc) is 2.60. The van der Waals surface area contributed by atoms with Crippen LogP contribution in [0, 0.1) is 11.6 Å². The molecular formula is C19H18ClF3N2O3. The zero-order valence-corrected chi connectivity index (χ0v) is 15.5. The van der Waals surface area contributed by atoms with Gasteiger partial charge in [0.2, 0.25) is 0 Å². The predicted molar refractivity (Wildman–Crippen MR) is 99.9 cm³/mol. The van der Waals surface area contributed by atoms with Gasteiger partial charge in [-0.3, -0.25) is 9.59 Å². The van der Waals surface area contributed by atoms with Crippen molar-refractivity contribution in [2.24, 2.45) is 0 Å². The average molecular weight is 415 g/mol. The molecular weight excluding hydrogens is 397 g/mol. The maximum atomic E-state index is 13.5. The molecule has 2 N–H and O–H groups in total. The molecule has 0 aliphatic rings. The minimum Gasteiger partial charge on any atom is -0.491 e.